The van der Waals surface area contributed by atoms with Crippen LogP contribution in [0, 0.1) is 0 Å². The molecule has 1 aliphatic rings. The fourth-order valence-electron chi connectivity index (χ4n) is 1.40. The summed E-state index contributed by atoms with van der Waals surface area (Å²) >= 11 is 0. The van der Waals surface area contributed by atoms with E-state index in [-0.39, 0.29) is 11.9 Å². The Morgan fingerprint density at radius 2 is 2.15 bits per heavy atom. The van der Waals surface area contributed by atoms with Crippen LogP contribution < -0.4 is 10.6 Å². The summed E-state index contributed by atoms with van der Waals surface area (Å²) in [5, 5.41) is 6.24. The van der Waals surface area contributed by atoms with E-state index in [0.717, 1.165) is 6.54 Å². The normalized spacial score (nSPS) is 17.2. The van der Waals surface area contributed by atoms with Crippen LogP contribution in [0.5, 0.6) is 0 Å². The molecule has 0 heterocycles. The Kier molecular flexibility index (Phi) is 4.22. The third-order valence-electron chi connectivity index (χ3n) is 2.34. The summed E-state index contributed by atoms with van der Waals surface area (Å²) in [6, 6.07) is 0.947. The van der Waals surface area contributed by atoms with Crippen LogP contribution in [0.2, 0.25) is 0 Å². The van der Waals surface area contributed by atoms with Gasteiger partial charge in [0.15, 0.2) is 0 Å². The molecule has 1 amide bonds. The van der Waals surface area contributed by atoms with E-state index in [1.165, 1.54) is 19.3 Å². The highest BCUT2D eigenvalue weighted by Crippen LogP contribution is 2.17. The lowest BCUT2D eigenvalue weighted by Gasteiger charge is -2.26. The van der Waals surface area contributed by atoms with E-state index in [9.17, 15) is 4.79 Å². The van der Waals surface area contributed by atoms with Crippen LogP contribution in [0.3, 0.4) is 0 Å². The van der Waals surface area contributed by atoms with Gasteiger partial charge in [-0.25, -0.2) is 0 Å². The molecular weight excluding hydrogens is 164 g/mol. The third-order valence-corrected chi connectivity index (χ3v) is 2.34. The maximum absolute atomic E-state index is 11.2. The molecule has 0 saturated heterocycles. The predicted octanol–water partition coefficient (Wildman–Crippen LogP) is 1.04. The molecule has 3 nitrogen and oxygen atoms in total. The first-order chi connectivity index (χ1) is 6.18. The number of amides is 1. The van der Waals surface area contributed by atoms with Crippen LogP contribution in [0.25, 0.3) is 0 Å². The second kappa shape index (κ2) is 5.22. The summed E-state index contributed by atoms with van der Waals surface area (Å²) in [5.74, 6) is 0.154. The Morgan fingerprint density at radius 1 is 1.46 bits per heavy atom. The molecule has 0 atom stereocenters. The summed E-state index contributed by atoms with van der Waals surface area (Å²) < 4.78 is 0. The van der Waals surface area contributed by atoms with Gasteiger partial charge in [-0.2, -0.15) is 0 Å². The molecule has 1 saturated carbocycles. The van der Waals surface area contributed by atoms with E-state index in [4.69, 9.17) is 0 Å². The zero-order valence-electron chi connectivity index (χ0n) is 8.60. The van der Waals surface area contributed by atoms with Crippen LogP contribution in [0.4, 0.5) is 0 Å². The van der Waals surface area contributed by atoms with Gasteiger partial charge in [-0.3, -0.25) is 4.79 Å². The van der Waals surface area contributed by atoms with Gasteiger partial charge in [0.25, 0.3) is 0 Å². The molecule has 0 unspecified atom stereocenters. The Morgan fingerprint density at radius 3 is 2.62 bits per heavy atom. The zero-order chi connectivity index (χ0) is 9.68. The maximum Gasteiger partial charge on any atom is 0.221 e. The topological polar surface area (TPSA) is 41.1 Å². The lowest BCUT2D eigenvalue weighted by molar-refractivity contribution is -0.121. The van der Waals surface area contributed by atoms with E-state index in [0.29, 0.717) is 12.5 Å². The molecule has 0 radical (unpaired) electrons. The van der Waals surface area contributed by atoms with Crippen molar-refractivity contribution in [2.45, 2.75) is 51.6 Å². The number of carbonyl (C=O) groups is 1. The molecule has 0 aromatic heterocycles. The van der Waals surface area contributed by atoms with Crippen LogP contribution in [0.1, 0.15) is 39.5 Å². The molecule has 0 spiro atoms. The van der Waals surface area contributed by atoms with E-state index in [1.54, 1.807) is 0 Å². The second-order valence-corrected chi connectivity index (χ2v) is 4.05. The van der Waals surface area contributed by atoms with E-state index in [2.05, 4.69) is 10.6 Å². The summed E-state index contributed by atoms with van der Waals surface area (Å²) in [6.07, 6.45) is 4.52. The van der Waals surface area contributed by atoms with E-state index in [1.807, 2.05) is 13.8 Å². The molecule has 1 fully saturated rings. The summed E-state index contributed by atoms with van der Waals surface area (Å²) in [4.78, 5) is 11.2. The van der Waals surface area contributed by atoms with Gasteiger partial charge in [0.1, 0.15) is 0 Å². The summed E-state index contributed by atoms with van der Waals surface area (Å²) in [7, 11) is 0. The molecular formula is C10H20N2O. The molecule has 13 heavy (non-hydrogen) atoms. The number of carbonyl (C=O) groups excluding carboxylic acids is 1. The molecule has 76 valence electrons. The van der Waals surface area contributed by atoms with Gasteiger partial charge in [-0.05, 0) is 26.7 Å². The molecule has 0 aromatic carbocycles. The SMILES string of the molecule is CC(C)NC(=O)CCNC1CCC1. The van der Waals surface area contributed by atoms with Crippen LogP contribution >= 0.6 is 0 Å². The fourth-order valence-corrected chi connectivity index (χ4v) is 1.40. The minimum Gasteiger partial charge on any atom is -0.354 e. The van der Waals surface area contributed by atoms with Gasteiger partial charge in [-0.1, -0.05) is 6.42 Å². The molecule has 0 aromatic rings. The summed E-state index contributed by atoms with van der Waals surface area (Å²) in [5.41, 5.74) is 0. The molecule has 1 rings (SSSR count). The molecule has 1 aliphatic carbocycles. The van der Waals surface area contributed by atoms with E-state index < -0.39 is 0 Å². The minimum atomic E-state index is 0.154. The molecule has 0 bridgehead atoms. The van der Waals surface area contributed by atoms with Crippen LogP contribution in [-0.4, -0.2) is 24.5 Å². The van der Waals surface area contributed by atoms with Crippen molar-refractivity contribution in [3.8, 4) is 0 Å². The van der Waals surface area contributed by atoms with Crippen molar-refractivity contribution in [2.24, 2.45) is 0 Å². The highest BCUT2D eigenvalue weighted by atomic mass is 16.1. The first-order valence-electron chi connectivity index (χ1n) is 5.21. The lowest BCUT2D eigenvalue weighted by Crippen LogP contribution is -2.38. The number of hydrogen-bond acceptors (Lipinski definition) is 2. The zero-order valence-corrected chi connectivity index (χ0v) is 8.60. The van der Waals surface area contributed by atoms with Crippen LogP contribution in [-0.2, 0) is 4.79 Å². The van der Waals surface area contributed by atoms with Crippen molar-refractivity contribution >= 4 is 5.91 Å². The predicted molar refractivity (Wildman–Crippen MR) is 53.5 cm³/mol. The highest BCUT2D eigenvalue weighted by molar-refractivity contribution is 5.76. The standard InChI is InChI=1S/C10H20N2O/c1-8(2)12-10(13)6-7-11-9-4-3-5-9/h8-9,11H,3-7H2,1-2H3,(H,12,13). The number of nitrogens with one attached hydrogen (secondary N) is 2. The van der Waals surface area contributed by atoms with E-state index >= 15 is 0 Å². The molecule has 0 aliphatic heterocycles. The average Bonchev–Trinajstić information content (AvgIpc) is 1.92. The lowest BCUT2D eigenvalue weighted by atomic mass is 9.93. The van der Waals surface area contributed by atoms with Gasteiger partial charge in [0.2, 0.25) is 5.91 Å². The Bertz CT molecular complexity index is 164. The minimum absolute atomic E-state index is 0.154. The Balaban J connectivity index is 1.94. The second-order valence-electron chi connectivity index (χ2n) is 4.05. The van der Waals surface area contributed by atoms with Crippen molar-refractivity contribution in [1.29, 1.82) is 0 Å². The van der Waals surface area contributed by atoms with Crippen molar-refractivity contribution in [3.05, 3.63) is 0 Å². The van der Waals surface area contributed by atoms with Crippen molar-refractivity contribution in [2.75, 3.05) is 6.54 Å². The van der Waals surface area contributed by atoms with Gasteiger partial charge in [0.05, 0.1) is 0 Å². The summed E-state index contributed by atoms with van der Waals surface area (Å²) in [6.45, 7) is 4.79. The molecule has 3 heteroatoms. The smallest absolute Gasteiger partial charge is 0.221 e. The molecule has 2 N–H and O–H groups in total. The van der Waals surface area contributed by atoms with Gasteiger partial charge in [0, 0.05) is 25.0 Å². The number of rotatable bonds is 5. The monoisotopic (exact) mass is 184 g/mol. The van der Waals surface area contributed by atoms with Crippen molar-refractivity contribution in [3.63, 3.8) is 0 Å². The Labute approximate surface area is 80.3 Å². The van der Waals surface area contributed by atoms with Gasteiger partial charge >= 0.3 is 0 Å². The largest absolute Gasteiger partial charge is 0.354 e. The van der Waals surface area contributed by atoms with Gasteiger partial charge < -0.3 is 10.6 Å². The van der Waals surface area contributed by atoms with Crippen molar-refractivity contribution < 1.29 is 4.79 Å². The third kappa shape index (κ3) is 4.27. The fraction of sp³-hybridized carbons (Fsp3) is 0.900. The Hall–Kier alpha value is -0.570. The van der Waals surface area contributed by atoms with Crippen LogP contribution in [0.15, 0.2) is 0 Å². The first kappa shape index (κ1) is 10.5. The maximum atomic E-state index is 11.2. The average molecular weight is 184 g/mol. The first-order valence-corrected chi connectivity index (χ1v) is 5.21. The van der Waals surface area contributed by atoms with Gasteiger partial charge in [-0.15, -0.1) is 0 Å². The number of hydrogen-bond donors (Lipinski definition) is 2. The highest BCUT2D eigenvalue weighted by Gasteiger charge is 2.16. The quantitative estimate of drug-likeness (QED) is 0.670. The van der Waals surface area contributed by atoms with Crippen molar-refractivity contribution in [1.82, 2.24) is 10.6 Å².